The highest BCUT2D eigenvalue weighted by molar-refractivity contribution is 6.13. The van der Waals surface area contributed by atoms with E-state index in [1.54, 1.807) is 4.42 Å². The molecule has 0 aliphatic carbocycles. The van der Waals surface area contributed by atoms with Crippen molar-refractivity contribution in [2.75, 3.05) is 13.1 Å². The van der Waals surface area contributed by atoms with E-state index in [9.17, 15) is 0 Å². The van der Waals surface area contributed by atoms with Crippen molar-refractivity contribution in [2.24, 2.45) is 0 Å². The van der Waals surface area contributed by atoms with Gasteiger partial charge in [-0.25, -0.2) is 4.42 Å². The second-order valence-corrected chi connectivity index (χ2v) is 1.57. The van der Waals surface area contributed by atoms with Crippen LogP contribution < -0.4 is 0 Å². The Morgan fingerprint density at radius 3 is 1.57 bits per heavy atom. The molecule has 0 radical (unpaired) electrons. The van der Waals surface area contributed by atoms with Crippen molar-refractivity contribution in [3.05, 3.63) is 0 Å². The molecule has 0 amide bonds. The van der Waals surface area contributed by atoms with E-state index in [1.807, 2.05) is 13.8 Å². The van der Waals surface area contributed by atoms with Crippen LogP contribution in [0.4, 0.5) is 0 Å². The van der Waals surface area contributed by atoms with E-state index in [1.165, 1.54) is 0 Å². The van der Waals surface area contributed by atoms with Crippen molar-refractivity contribution in [3.63, 3.8) is 0 Å². The van der Waals surface area contributed by atoms with Crippen LogP contribution in [0.25, 0.3) is 0 Å². The number of halogens is 2. The Morgan fingerprint density at radius 1 is 1.29 bits per heavy atom. The lowest BCUT2D eigenvalue weighted by molar-refractivity contribution is 0.507. The fraction of sp³-hybridized carbons (Fsp3) is 1.00. The summed E-state index contributed by atoms with van der Waals surface area (Å²) in [6, 6.07) is 0. The molecule has 0 saturated heterocycles. The van der Waals surface area contributed by atoms with E-state index >= 15 is 0 Å². The first kappa shape index (κ1) is 10.5. The van der Waals surface area contributed by atoms with E-state index < -0.39 is 0 Å². The first-order valence-electron chi connectivity index (χ1n) is 2.22. The summed E-state index contributed by atoms with van der Waals surface area (Å²) in [4.78, 5) is 0. The molecule has 0 aromatic rings. The van der Waals surface area contributed by atoms with Gasteiger partial charge < -0.3 is 0 Å². The summed E-state index contributed by atoms with van der Waals surface area (Å²) < 4.78 is 1.72. The summed E-state index contributed by atoms with van der Waals surface area (Å²) in [6.45, 7) is 5.91. The van der Waals surface area contributed by atoms with Crippen molar-refractivity contribution in [1.29, 1.82) is 0 Å². The van der Waals surface area contributed by atoms with Gasteiger partial charge in [-0.15, -0.1) is 12.4 Å². The van der Waals surface area contributed by atoms with Crippen LogP contribution in [0.5, 0.6) is 0 Å². The van der Waals surface area contributed by atoms with E-state index in [2.05, 4.69) is 0 Å². The standard InChI is InChI=1S/C4H10ClN.ClH/c1-3-6(5)4-2;/h3-4H2,1-2H3;1H. The Morgan fingerprint density at radius 2 is 1.57 bits per heavy atom. The first-order valence-corrected chi connectivity index (χ1v) is 2.55. The van der Waals surface area contributed by atoms with Crippen molar-refractivity contribution < 1.29 is 0 Å². The average Bonchev–Trinajstić information content (AvgIpc) is 1.65. The number of hydrogen-bond acceptors (Lipinski definition) is 1. The molecule has 0 atom stereocenters. The molecule has 46 valence electrons. The van der Waals surface area contributed by atoms with Crippen LogP contribution in [0.2, 0.25) is 0 Å². The third-order valence-corrected chi connectivity index (χ3v) is 1.16. The number of hydrogen-bond donors (Lipinski definition) is 0. The Labute approximate surface area is 56.2 Å². The van der Waals surface area contributed by atoms with Crippen LogP contribution >= 0.6 is 24.2 Å². The normalized spacial score (nSPS) is 8.57. The summed E-state index contributed by atoms with van der Waals surface area (Å²) in [7, 11) is 0. The maximum absolute atomic E-state index is 5.48. The van der Waals surface area contributed by atoms with Gasteiger partial charge in [-0.2, -0.15) is 0 Å². The molecule has 3 heteroatoms. The highest BCUT2D eigenvalue weighted by atomic mass is 35.5. The lowest BCUT2D eigenvalue weighted by Crippen LogP contribution is -2.08. The Balaban J connectivity index is 0. The molecular weight excluding hydrogens is 133 g/mol. The lowest BCUT2D eigenvalue weighted by atomic mass is 10.7. The molecule has 1 nitrogen and oxygen atoms in total. The van der Waals surface area contributed by atoms with Gasteiger partial charge in [0.05, 0.1) is 0 Å². The van der Waals surface area contributed by atoms with Crippen LogP contribution in [0.1, 0.15) is 13.8 Å². The third kappa shape index (κ3) is 6.54. The van der Waals surface area contributed by atoms with Crippen molar-refractivity contribution in [2.45, 2.75) is 13.8 Å². The molecule has 0 bridgehead atoms. The van der Waals surface area contributed by atoms with Crippen molar-refractivity contribution in [1.82, 2.24) is 4.42 Å². The second-order valence-electron chi connectivity index (χ2n) is 1.10. The SMILES string of the molecule is CCN(Cl)CC.Cl. The Hall–Kier alpha value is 0.540. The number of nitrogens with zero attached hydrogens (tertiary/aromatic N) is 1. The van der Waals surface area contributed by atoms with Gasteiger partial charge in [0.1, 0.15) is 0 Å². The van der Waals surface area contributed by atoms with Gasteiger partial charge in [0.15, 0.2) is 0 Å². The van der Waals surface area contributed by atoms with E-state index in [0.29, 0.717) is 0 Å². The summed E-state index contributed by atoms with van der Waals surface area (Å²) in [5.74, 6) is 0. The predicted octanol–water partition coefficient (Wildman–Crippen LogP) is 1.90. The average molecular weight is 144 g/mol. The molecule has 0 N–H and O–H groups in total. The van der Waals surface area contributed by atoms with Crippen molar-refractivity contribution in [3.8, 4) is 0 Å². The largest absolute Gasteiger partial charge is 0.221 e. The molecular formula is C4H11Cl2N. The van der Waals surface area contributed by atoms with Gasteiger partial charge >= 0.3 is 0 Å². The van der Waals surface area contributed by atoms with Crippen LogP contribution in [-0.4, -0.2) is 17.5 Å². The molecule has 0 spiro atoms. The monoisotopic (exact) mass is 143 g/mol. The summed E-state index contributed by atoms with van der Waals surface area (Å²) in [5, 5.41) is 0. The Kier molecular flexibility index (Phi) is 9.82. The molecule has 0 unspecified atom stereocenters. The van der Waals surface area contributed by atoms with Gasteiger partial charge in [-0.3, -0.25) is 0 Å². The lowest BCUT2D eigenvalue weighted by Gasteiger charge is -2.03. The summed E-state index contributed by atoms with van der Waals surface area (Å²) in [6.07, 6.45) is 0. The minimum atomic E-state index is 0. The molecule has 0 rings (SSSR count). The highest BCUT2D eigenvalue weighted by Crippen LogP contribution is 1.87. The van der Waals surface area contributed by atoms with Crippen LogP contribution in [0, 0.1) is 0 Å². The van der Waals surface area contributed by atoms with Gasteiger partial charge in [-0.1, -0.05) is 13.8 Å². The first-order chi connectivity index (χ1) is 2.81. The minimum absolute atomic E-state index is 0. The second kappa shape index (κ2) is 6.54. The molecule has 0 fully saturated rings. The molecule has 0 aliphatic heterocycles. The highest BCUT2D eigenvalue weighted by Gasteiger charge is 1.85. The van der Waals surface area contributed by atoms with Crippen LogP contribution in [0.15, 0.2) is 0 Å². The predicted molar refractivity (Wildman–Crippen MR) is 36.0 cm³/mol. The Bertz CT molecular complexity index is 28.9. The topological polar surface area (TPSA) is 3.24 Å². The molecule has 0 aromatic carbocycles. The molecule has 0 saturated carbocycles. The van der Waals surface area contributed by atoms with Crippen molar-refractivity contribution >= 4 is 24.2 Å². The van der Waals surface area contributed by atoms with Crippen LogP contribution in [0.3, 0.4) is 0 Å². The minimum Gasteiger partial charge on any atom is -0.221 e. The maximum Gasteiger partial charge on any atom is 0.0110 e. The fourth-order valence-corrected chi connectivity index (χ4v) is 0.224. The maximum atomic E-state index is 5.48. The van der Waals surface area contributed by atoms with Crippen LogP contribution in [-0.2, 0) is 0 Å². The van der Waals surface area contributed by atoms with E-state index in [0.717, 1.165) is 13.1 Å². The zero-order valence-electron chi connectivity index (χ0n) is 4.65. The van der Waals surface area contributed by atoms with Gasteiger partial charge in [0.2, 0.25) is 0 Å². The molecule has 0 heterocycles. The van der Waals surface area contributed by atoms with E-state index in [-0.39, 0.29) is 12.4 Å². The third-order valence-electron chi connectivity index (χ3n) is 0.686. The molecule has 0 aromatic heterocycles. The molecule has 7 heavy (non-hydrogen) atoms. The van der Waals surface area contributed by atoms with Gasteiger partial charge in [-0.05, 0) is 11.8 Å². The quantitative estimate of drug-likeness (QED) is 0.535. The summed E-state index contributed by atoms with van der Waals surface area (Å²) in [5.41, 5.74) is 0. The van der Waals surface area contributed by atoms with E-state index in [4.69, 9.17) is 11.8 Å². The smallest absolute Gasteiger partial charge is 0.0110 e. The zero-order chi connectivity index (χ0) is 4.99. The van der Waals surface area contributed by atoms with Gasteiger partial charge in [0.25, 0.3) is 0 Å². The fourth-order valence-electron chi connectivity index (χ4n) is 0.224. The molecule has 0 aliphatic rings. The van der Waals surface area contributed by atoms with Gasteiger partial charge in [0, 0.05) is 13.1 Å². The number of rotatable bonds is 2. The zero-order valence-corrected chi connectivity index (χ0v) is 6.22. The summed E-state index contributed by atoms with van der Waals surface area (Å²) >= 11 is 5.48.